The van der Waals surface area contributed by atoms with E-state index in [1.807, 2.05) is 26.0 Å². The summed E-state index contributed by atoms with van der Waals surface area (Å²) in [7, 11) is -3.76. The van der Waals surface area contributed by atoms with Gasteiger partial charge in [-0.2, -0.15) is 5.10 Å². The van der Waals surface area contributed by atoms with E-state index in [1.165, 1.54) is 37.6 Å². The molecule has 0 unspecified atom stereocenters. The van der Waals surface area contributed by atoms with Crippen LogP contribution in [0, 0.1) is 19.8 Å². The van der Waals surface area contributed by atoms with Crippen molar-refractivity contribution in [2.45, 2.75) is 134 Å². The molecule has 0 aliphatic carbocycles. The lowest BCUT2D eigenvalue weighted by Crippen LogP contribution is -2.52. The average Bonchev–Trinajstić information content (AvgIpc) is 3.72. The van der Waals surface area contributed by atoms with Gasteiger partial charge in [0.25, 0.3) is 5.91 Å². The summed E-state index contributed by atoms with van der Waals surface area (Å²) in [4.78, 5) is 50.5. The molecule has 14 nitrogen and oxygen atoms in total. The fourth-order valence-corrected chi connectivity index (χ4v) is 9.93. The number of aromatic amines is 1. The first-order valence-electron chi connectivity index (χ1n) is 21.6. The van der Waals surface area contributed by atoms with E-state index in [0.29, 0.717) is 59.3 Å². The lowest BCUT2D eigenvalue weighted by atomic mass is 9.94. The zero-order valence-electron chi connectivity index (χ0n) is 35.7. The zero-order chi connectivity index (χ0) is 42.6. The number of carbonyl (C=O) groups excluding carboxylic acids is 3. The van der Waals surface area contributed by atoms with Gasteiger partial charge in [-0.25, -0.2) is 18.4 Å². The number of hydrogen-bond donors (Lipinski definition) is 3. The number of anilines is 2. The van der Waals surface area contributed by atoms with Crippen LogP contribution in [0.5, 0.6) is 5.75 Å². The van der Waals surface area contributed by atoms with Crippen molar-refractivity contribution in [2.75, 3.05) is 31.6 Å². The molecule has 322 valence electrons. The first-order chi connectivity index (χ1) is 28.7. The minimum Gasteiger partial charge on any atom is -0.492 e. The molecule has 3 N–H and O–H groups in total. The van der Waals surface area contributed by atoms with Gasteiger partial charge in [0.15, 0.2) is 15.7 Å². The molecule has 0 saturated carbocycles. The largest absolute Gasteiger partial charge is 0.492 e. The van der Waals surface area contributed by atoms with Crippen molar-refractivity contribution in [1.29, 1.82) is 0 Å². The maximum Gasteiger partial charge on any atom is 0.255 e. The van der Waals surface area contributed by atoms with E-state index >= 15 is 0 Å². The summed E-state index contributed by atoms with van der Waals surface area (Å²) in [5, 5.41) is 13.5. The molecule has 15 heteroatoms. The van der Waals surface area contributed by atoms with Gasteiger partial charge in [0.2, 0.25) is 11.8 Å². The third kappa shape index (κ3) is 9.52. The normalized spacial score (nSPS) is 18.0. The van der Waals surface area contributed by atoms with Gasteiger partial charge in [-0.05, 0) is 128 Å². The Morgan fingerprint density at radius 1 is 0.933 bits per heavy atom. The molecule has 7 rings (SSSR count). The molecule has 3 amide bonds. The second-order valence-corrected chi connectivity index (χ2v) is 20.4. The molecule has 2 aromatic heterocycles. The van der Waals surface area contributed by atoms with Crippen LogP contribution in [0.15, 0.2) is 41.6 Å². The van der Waals surface area contributed by atoms with Crippen LogP contribution in [0.2, 0.25) is 0 Å². The molecule has 4 aromatic rings. The monoisotopic (exact) mass is 840 g/mol. The SMILES string of the molecule is Cc1[nH]nc(Nc2ncnc3cc(OCCC4CCN(CCCCCCCCc5cccc6c5CN([C@H]5CCC(=O)NC5=O)C6=O)CC4)c(S(=O)(=O)C(C)(C)C)cc23)c1C. The molecular formula is C45H60N8O6S. The van der Waals surface area contributed by atoms with Crippen LogP contribution in [0.25, 0.3) is 10.9 Å². The average molecular weight is 841 g/mol. The Kier molecular flexibility index (Phi) is 13.2. The number of nitrogens with one attached hydrogen (secondary N) is 3. The highest BCUT2D eigenvalue weighted by atomic mass is 32.2. The molecule has 3 aliphatic rings. The number of aromatic nitrogens is 4. The Balaban J connectivity index is 0.821. The van der Waals surface area contributed by atoms with Gasteiger partial charge in [0, 0.05) is 41.2 Å². The number of imide groups is 1. The number of unbranched alkanes of at least 4 members (excludes halogenated alkanes) is 5. The maximum absolute atomic E-state index is 13.9. The number of carbonyl (C=O) groups is 3. The molecule has 0 radical (unpaired) electrons. The summed E-state index contributed by atoms with van der Waals surface area (Å²) in [5.41, 5.74) is 5.38. The van der Waals surface area contributed by atoms with Gasteiger partial charge in [-0.3, -0.25) is 24.8 Å². The maximum atomic E-state index is 13.9. The van der Waals surface area contributed by atoms with Crippen LogP contribution in [0.1, 0.15) is 124 Å². The highest BCUT2D eigenvalue weighted by Gasteiger charge is 2.40. The number of rotatable bonds is 17. The van der Waals surface area contributed by atoms with Gasteiger partial charge in [-0.15, -0.1) is 0 Å². The molecule has 2 saturated heterocycles. The third-order valence-corrected chi connectivity index (χ3v) is 15.1. The minimum absolute atomic E-state index is 0.113. The summed E-state index contributed by atoms with van der Waals surface area (Å²) in [6.45, 7) is 13.1. The molecule has 5 heterocycles. The van der Waals surface area contributed by atoms with Crippen LogP contribution >= 0.6 is 0 Å². The van der Waals surface area contributed by atoms with E-state index in [0.717, 1.165) is 75.0 Å². The predicted molar refractivity (Wildman–Crippen MR) is 231 cm³/mol. The van der Waals surface area contributed by atoms with Gasteiger partial charge in [-0.1, -0.05) is 37.8 Å². The van der Waals surface area contributed by atoms with Crippen LogP contribution in [0.4, 0.5) is 11.6 Å². The standard InChI is InChI=1S/C45H60N8O6S/c1-29-30(2)50-51-41(29)49-42-34-25-39(60(57,58)45(3,4)5)38(26-36(34)46-28-47-42)59-24-20-31-18-22-52(23-19-31)21-11-9-7-6-8-10-13-32-14-12-15-33-35(32)27-53(44(33)56)37-16-17-40(54)48-43(37)55/h12,14-15,25-26,28,31,37H,6-11,13,16-24,27H2,1-5H3,(H,48,54,55)(H2,46,47,49,50,51)/t37-/m0/s1. The molecule has 0 bridgehead atoms. The highest BCUT2D eigenvalue weighted by molar-refractivity contribution is 7.92. The molecule has 1 atom stereocenters. The number of likely N-dealkylation sites (tertiary alicyclic amines) is 1. The Morgan fingerprint density at radius 2 is 1.68 bits per heavy atom. The van der Waals surface area contributed by atoms with Crippen molar-refractivity contribution >= 4 is 50.1 Å². The topological polar surface area (TPSA) is 180 Å². The number of aryl methyl sites for hydroxylation is 2. The lowest BCUT2D eigenvalue weighted by molar-refractivity contribution is -0.136. The Labute approximate surface area is 353 Å². The second-order valence-electron chi connectivity index (χ2n) is 17.7. The molecule has 60 heavy (non-hydrogen) atoms. The summed E-state index contributed by atoms with van der Waals surface area (Å²) < 4.78 is 33.1. The van der Waals surface area contributed by atoms with Crippen LogP contribution in [-0.2, 0) is 32.4 Å². The van der Waals surface area contributed by atoms with E-state index in [2.05, 4.69) is 41.8 Å². The number of fused-ring (bicyclic) bond motifs is 2. The summed E-state index contributed by atoms with van der Waals surface area (Å²) >= 11 is 0. The molecule has 0 spiro atoms. The van der Waals surface area contributed by atoms with E-state index in [1.54, 1.807) is 37.8 Å². The van der Waals surface area contributed by atoms with Crippen molar-refractivity contribution in [2.24, 2.45) is 5.92 Å². The molecule has 2 aromatic carbocycles. The summed E-state index contributed by atoms with van der Waals surface area (Å²) in [6.07, 6.45) is 13.1. The van der Waals surface area contributed by atoms with E-state index < -0.39 is 20.6 Å². The van der Waals surface area contributed by atoms with Crippen molar-refractivity contribution in [1.82, 2.24) is 35.3 Å². The van der Waals surface area contributed by atoms with Gasteiger partial charge in [0.1, 0.15) is 28.8 Å². The molecule has 3 aliphatic heterocycles. The van der Waals surface area contributed by atoms with Crippen molar-refractivity contribution in [3.05, 3.63) is 64.6 Å². The number of hydrogen-bond acceptors (Lipinski definition) is 11. The fourth-order valence-electron chi connectivity index (χ4n) is 8.61. The summed E-state index contributed by atoms with van der Waals surface area (Å²) in [5.74, 6) is 1.19. The number of piperidine rings is 2. The Bertz CT molecular complexity index is 2330. The number of benzene rings is 2. The first kappa shape index (κ1) is 43.2. The second kappa shape index (κ2) is 18.4. The molecule has 2 fully saturated rings. The highest BCUT2D eigenvalue weighted by Crippen LogP contribution is 2.38. The smallest absolute Gasteiger partial charge is 0.255 e. The van der Waals surface area contributed by atoms with Crippen LogP contribution in [0.3, 0.4) is 0 Å². The van der Waals surface area contributed by atoms with Crippen LogP contribution < -0.4 is 15.4 Å². The van der Waals surface area contributed by atoms with E-state index in [-0.39, 0.29) is 29.0 Å². The number of amides is 3. The number of sulfone groups is 1. The van der Waals surface area contributed by atoms with Crippen molar-refractivity contribution < 1.29 is 27.5 Å². The number of H-pyrrole nitrogens is 1. The predicted octanol–water partition coefficient (Wildman–Crippen LogP) is 7.11. The number of ether oxygens (including phenoxy) is 1. The van der Waals surface area contributed by atoms with Crippen molar-refractivity contribution in [3.63, 3.8) is 0 Å². The molecular weight excluding hydrogens is 781 g/mol. The van der Waals surface area contributed by atoms with Gasteiger partial charge >= 0.3 is 0 Å². The summed E-state index contributed by atoms with van der Waals surface area (Å²) in [6, 6.07) is 8.68. The number of nitrogens with zero attached hydrogens (tertiary/aromatic N) is 5. The van der Waals surface area contributed by atoms with E-state index in [9.17, 15) is 22.8 Å². The fraction of sp³-hybridized carbons (Fsp3) is 0.556. The minimum atomic E-state index is -3.76. The van der Waals surface area contributed by atoms with Gasteiger partial charge in [0.05, 0.1) is 16.9 Å². The van der Waals surface area contributed by atoms with Crippen LogP contribution in [-0.4, -0.2) is 93.1 Å². The Morgan fingerprint density at radius 3 is 2.40 bits per heavy atom. The van der Waals surface area contributed by atoms with E-state index in [4.69, 9.17) is 4.74 Å². The quantitative estimate of drug-likeness (QED) is 0.0729. The zero-order valence-corrected chi connectivity index (χ0v) is 36.5. The van der Waals surface area contributed by atoms with Crippen molar-refractivity contribution in [3.8, 4) is 5.75 Å². The third-order valence-electron chi connectivity index (χ3n) is 12.6. The lowest BCUT2D eigenvalue weighted by Gasteiger charge is -2.32. The Hall–Kier alpha value is -4.89. The first-order valence-corrected chi connectivity index (χ1v) is 23.1. The van der Waals surface area contributed by atoms with Gasteiger partial charge < -0.3 is 19.9 Å².